The van der Waals surface area contributed by atoms with E-state index in [0.717, 1.165) is 5.56 Å². The van der Waals surface area contributed by atoms with Crippen molar-refractivity contribution in [1.82, 2.24) is 0 Å². The molecule has 0 saturated carbocycles. The maximum absolute atomic E-state index is 11.2. The number of hydrogen-bond acceptors (Lipinski definition) is 2. The smallest absolute Gasteiger partial charge is 0.230 e. The first-order valence-corrected chi connectivity index (χ1v) is 5.41. The summed E-state index contributed by atoms with van der Waals surface area (Å²) in [6, 6.07) is 7.31. The fraction of sp³-hybridized carbons (Fsp3) is 0.385. The van der Waals surface area contributed by atoms with E-state index in [0.29, 0.717) is 5.69 Å². The topological polar surface area (TPSA) is 37.4 Å². The molecule has 88 valence electrons. The van der Waals surface area contributed by atoms with Gasteiger partial charge in [0.2, 0.25) is 11.8 Å². The highest BCUT2D eigenvalue weighted by molar-refractivity contribution is 6.13. The Balaban J connectivity index is 0.00000106. The lowest BCUT2D eigenvalue weighted by Crippen LogP contribution is -2.33. The summed E-state index contributed by atoms with van der Waals surface area (Å²) in [5.41, 5.74) is 1.57. The Morgan fingerprint density at radius 3 is 1.81 bits per heavy atom. The molecule has 0 heterocycles. The maximum Gasteiger partial charge on any atom is 0.230 e. The average Bonchev–Trinajstić information content (AvgIpc) is 2.23. The highest BCUT2D eigenvalue weighted by Crippen LogP contribution is 2.19. The molecule has 0 radical (unpaired) electrons. The van der Waals surface area contributed by atoms with E-state index in [1.54, 1.807) is 12.1 Å². The quantitative estimate of drug-likeness (QED) is 0.731. The van der Waals surface area contributed by atoms with Crippen molar-refractivity contribution >= 4 is 17.5 Å². The lowest BCUT2D eigenvalue weighted by Gasteiger charge is -2.18. The third kappa shape index (κ3) is 3.50. The number of imide groups is 1. The summed E-state index contributed by atoms with van der Waals surface area (Å²) in [5, 5.41) is 0. The van der Waals surface area contributed by atoms with Crippen LogP contribution in [0.1, 0.15) is 33.3 Å². The van der Waals surface area contributed by atoms with Gasteiger partial charge < -0.3 is 0 Å². The standard InChI is InChI=1S/C11H13NO2.C2H6/c1-8-6-4-5-7-11(8)12(9(2)13)10(3)14;1-2/h4-7H,1-3H3;1-2H3. The maximum atomic E-state index is 11.2. The molecule has 1 aromatic rings. The number of nitrogens with zero attached hydrogens (tertiary/aromatic N) is 1. The van der Waals surface area contributed by atoms with E-state index < -0.39 is 0 Å². The van der Waals surface area contributed by atoms with E-state index >= 15 is 0 Å². The Kier molecular flexibility index (Phi) is 6.08. The van der Waals surface area contributed by atoms with Crippen LogP contribution in [0.3, 0.4) is 0 Å². The minimum absolute atomic E-state index is 0.258. The van der Waals surface area contributed by atoms with Gasteiger partial charge in [-0.2, -0.15) is 0 Å². The summed E-state index contributed by atoms with van der Waals surface area (Å²) < 4.78 is 0. The number of para-hydroxylation sites is 1. The number of amides is 2. The molecule has 16 heavy (non-hydrogen) atoms. The van der Waals surface area contributed by atoms with Crippen LogP contribution in [-0.2, 0) is 9.59 Å². The minimum atomic E-state index is -0.258. The Labute approximate surface area is 97.1 Å². The molecule has 1 rings (SSSR count). The van der Waals surface area contributed by atoms with Crippen molar-refractivity contribution in [3.8, 4) is 0 Å². The third-order valence-electron chi connectivity index (χ3n) is 1.99. The molecule has 0 atom stereocenters. The molecule has 0 aliphatic heterocycles. The van der Waals surface area contributed by atoms with E-state index in [-0.39, 0.29) is 11.8 Å². The molecule has 1 aromatic carbocycles. The van der Waals surface area contributed by atoms with Gasteiger partial charge in [0.1, 0.15) is 0 Å². The molecule has 3 nitrogen and oxygen atoms in total. The van der Waals surface area contributed by atoms with Crippen LogP contribution in [0.2, 0.25) is 0 Å². The second kappa shape index (κ2) is 6.77. The molecule has 2 amide bonds. The van der Waals surface area contributed by atoms with Crippen LogP contribution in [0.15, 0.2) is 24.3 Å². The van der Waals surface area contributed by atoms with Crippen molar-refractivity contribution in [3.05, 3.63) is 29.8 Å². The first kappa shape index (κ1) is 14.4. The summed E-state index contributed by atoms with van der Waals surface area (Å²) in [6.45, 7) is 8.63. The highest BCUT2D eigenvalue weighted by Gasteiger charge is 2.17. The molecule has 0 saturated heterocycles. The number of anilines is 1. The second-order valence-corrected chi connectivity index (χ2v) is 3.16. The van der Waals surface area contributed by atoms with Gasteiger partial charge in [0.05, 0.1) is 5.69 Å². The van der Waals surface area contributed by atoms with E-state index in [1.165, 1.54) is 18.7 Å². The van der Waals surface area contributed by atoms with Crippen LogP contribution in [-0.4, -0.2) is 11.8 Å². The van der Waals surface area contributed by atoms with Crippen molar-refractivity contribution in [3.63, 3.8) is 0 Å². The summed E-state index contributed by atoms with van der Waals surface area (Å²) in [7, 11) is 0. The van der Waals surface area contributed by atoms with Crippen LogP contribution in [0.4, 0.5) is 5.69 Å². The Morgan fingerprint density at radius 1 is 1.00 bits per heavy atom. The largest absolute Gasteiger partial charge is 0.274 e. The SMILES string of the molecule is CC.CC(=O)N(C(C)=O)c1ccccc1C. The van der Waals surface area contributed by atoms with Gasteiger partial charge in [0, 0.05) is 13.8 Å². The second-order valence-electron chi connectivity index (χ2n) is 3.16. The van der Waals surface area contributed by atoms with Crippen molar-refractivity contribution in [2.45, 2.75) is 34.6 Å². The van der Waals surface area contributed by atoms with Crippen LogP contribution < -0.4 is 4.90 Å². The van der Waals surface area contributed by atoms with Crippen LogP contribution >= 0.6 is 0 Å². The predicted molar refractivity (Wildman–Crippen MR) is 66.4 cm³/mol. The number of rotatable bonds is 1. The number of carbonyl (C=O) groups excluding carboxylic acids is 2. The van der Waals surface area contributed by atoms with Gasteiger partial charge in [-0.1, -0.05) is 32.0 Å². The third-order valence-corrected chi connectivity index (χ3v) is 1.99. The van der Waals surface area contributed by atoms with E-state index in [4.69, 9.17) is 0 Å². The van der Waals surface area contributed by atoms with Crippen molar-refractivity contribution in [2.75, 3.05) is 4.90 Å². The summed E-state index contributed by atoms with van der Waals surface area (Å²) >= 11 is 0. The monoisotopic (exact) mass is 221 g/mol. The predicted octanol–water partition coefficient (Wildman–Crippen LogP) is 2.92. The normalized spacial score (nSPS) is 8.81. The van der Waals surface area contributed by atoms with Gasteiger partial charge in [-0.15, -0.1) is 0 Å². The number of aryl methyl sites for hydroxylation is 1. The lowest BCUT2D eigenvalue weighted by molar-refractivity contribution is -0.124. The zero-order valence-electron chi connectivity index (χ0n) is 10.6. The van der Waals surface area contributed by atoms with Gasteiger partial charge in [-0.25, -0.2) is 0 Å². The molecule has 0 fully saturated rings. The fourth-order valence-corrected chi connectivity index (χ4v) is 1.38. The molecule has 0 bridgehead atoms. The van der Waals surface area contributed by atoms with Crippen molar-refractivity contribution < 1.29 is 9.59 Å². The molecule has 0 N–H and O–H groups in total. The summed E-state index contributed by atoms with van der Waals surface area (Å²) in [6.07, 6.45) is 0. The Morgan fingerprint density at radius 2 is 1.44 bits per heavy atom. The van der Waals surface area contributed by atoms with Gasteiger partial charge in [0.25, 0.3) is 0 Å². The zero-order chi connectivity index (χ0) is 12.7. The highest BCUT2D eigenvalue weighted by atomic mass is 16.2. The first-order chi connectivity index (χ1) is 7.54. The molecular weight excluding hydrogens is 202 g/mol. The van der Waals surface area contributed by atoms with E-state index in [1.807, 2.05) is 32.9 Å². The number of hydrogen-bond donors (Lipinski definition) is 0. The Bertz CT molecular complexity index is 358. The first-order valence-electron chi connectivity index (χ1n) is 5.41. The van der Waals surface area contributed by atoms with Crippen LogP contribution in [0.25, 0.3) is 0 Å². The lowest BCUT2D eigenvalue weighted by atomic mass is 10.2. The Hall–Kier alpha value is -1.64. The van der Waals surface area contributed by atoms with Crippen LogP contribution in [0.5, 0.6) is 0 Å². The van der Waals surface area contributed by atoms with E-state index in [2.05, 4.69) is 0 Å². The van der Waals surface area contributed by atoms with Crippen LogP contribution in [0, 0.1) is 6.92 Å². The molecule has 3 heteroatoms. The fourth-order valence-electron chi connectivity index (χ4n) is 1.38. The summed E-state index contributed by atoms with van der Waals surface area (Å²) in [4.78, 5) is 23.7. The van der Waals surface area contributed by atoms with Gasteiger partial charge in [0.15, 0.2) is 0 Å². The molecule has 0 unspecified atom stereocenters. The van der Waals surface area contributed by atoms with Gasteiger partial charge in [-0.05, 0) is 18.6 Å². The molecular formula is C13H19NO2. The molecule has 0 aromatic heterocycles. The average molecular weight is 221 g/mol. The zero-order valence-corrected chi connectivity index (χ0v) is 10.6. The molecule has 0 aliphatic rings. The molecule has 0 spiro atoms. The van der Waals surface area contributed by atoms with Gasteiger partial charge in [-0.3, -0.25) is 14.5 Å². The number of benzene rings is 1. The van der Waals surface area contributed by atoms with Gasteiger partial charge >= 0.3 is 0 Å². The van der Waals surface area contributed by atoms with Crippen molar-refractivity contribution in [2.24, 2.45) is 0 Å². The minimum Gasteiger partial charge on any atom is -0.274 e. The van der Waals surface area contributed by atoms with E-state index in [9.17, 15) is 9.59 Å². The number of carbonyl (C=O) groups is 2. The molecule has 0 aliphatic carbocycles. The van der Waals surface area contributed by atoms with Crippen molar-refractivity contribution in [1.29, 1.82) is 0 Å². The summed E-state index contributed by atoms with van der Waals surface area (Å²) in [5.74, 6) is -0.515.